The Morgan fingerprint density at radius 1 is 1.11 bits per heavy atom. The molecule has 0 spiro atoms. The monoisotopic (exact) mass is 660 g/mol. The van der Waals surface area contributed by atoms with E-state index in [1.54, 1.807) is 42.5 Å². The van der Waals surface area contributed by atoms with Crippen LogP contribution in [0.1, 0.15) is 29.0 Å². The van der Waals surface area contributed by atoms with Crippen LogP contribution in [0.15, 0.2) is 66.7 Å². The Balaban J connectivity index is 0.000000433. The molecule has 8 heteroatoms. The molecule has 5 nitrogen and oxygen atoms in total. The van der Waals surface area contributed by atoms with Gasteiger partial charge in [0.2, 0.25) is 5.88 Å². The molecule has 3 aromatic carbocycles. The zero-order chi connectivity index (χ0) is 25.6. The Hall–Kier alpha value is -2.86. The second-order valence-corrected chi connectivity index (χ2v) is 8.37. The van der Waals surface area contributed by atoms with Gasteiger partial charge in [0.1, 0.15) is 11.6 Å². The van der Waals surface area contributed by atoms with Crippen molar-refractivity contribution in [2.75, 3.05) is 13.7 Å². The van der Waals surface area contributed by atoms with Crippen molar-refractivity contribution in [1.82, 2.24) is 4.98 Å². The number of aryl methyl sites for hydroxylation is 1. The predicted octanol–water partition coefficient (Wildman–Crippen LogP) is 6.13. The number of nitrogens with zero attached hydrogens (tertiary/aromatic N) is 1. The van der Waals surface area contributed by atoms with Crippen LogP contribution in [0.25, 0.3) is 16.6 Å². The molecular weight excluding hydrogens is 632 g/mol. The molecule has 4 aromatic rings. The first-order valence-corrected chi connectivity index (χ1v) is 11.0. The van der Waals surface area contributed by atoms with Gasteiger partial charge in [-0.15, -0.1) is 17.7 Å². The van der Waals surface area contributed by atoms with E-state index in [4.69, 9.17) is 16.2 Å². The number of fused-ring (bicyclic) bond motifs is 1. The number of pyridine rings is 1. The Labute approximate surface area is 224 Å². The molecular formula is C28H28F2N3O2W-3. The molecule has 0 aliphatic rings. The molecule has 1 aromatic heterocycles. The minimum atomic E-state index is -1.02. The number of phenolic OH excluding ortho intramolecular Hbond substituents is 1. The summed E-state index contributed by atoms with van der Waals surface area (Å²) in [6.45, 7) is 6.06. The normalized spacial score (nSPS) is 13.1. The zero-order valence-corrected chi connectivity index (χ0v) is 23.0. The average Bonchev–Trinajstić information content (AvgIpc) is 2.80. The molecule has 190 valence electrons. The molecule has 4 rings (SSSR count). The van der Waals surface area contributed by atoms with Gasteiger partial charge in [-0.2, -0.15) is 24.2 Å². The summed E-state index contributed by atoms with van der Waals surface area (Å²) in [6, 6.07) is 20.0. The van der Waals surface area contributed by atoms with Crippen LogP contribution in [-0.4, -0.2) is 29.3 Å². The van der Waals surface area contributed by atoms with Crippen LogP contribution >= 0.6 is 0 Å². The summed E-state index contributed by atoms with van der Waals surface area (Å²) in [5, 5.41) is 10.3. The van der Waals surface area contributed by atoms with Crippen LogP contribution in [0.2, 0.25) is 0 Å². The van der Waals surface area contributed by atoms with Crippen molar-refractivity contribution in [1.29, 1.82) is 0 Å². The van der Waals surface area contributed by atoms with Crippen LogP contribution in [0.5, 0.6) is 11.6 Å². The van der Waals surface area contributed by atoms with Crippen LogP contribution in [0, 0.1) is 31.5 Å². The molecule has 0 bridgehead atoms. The number of hydrogen-bond acceptors (Lipinski definition) is 4. The second-order valence-electron chi connectivity index (χ2n) is 8.37. The number of methoxy groups -OCH3 is 1. The Kier molecular flexibility index (Phi) is 10.5. The molecule has 0 saturated carbocycles. The van der Waals surface area contributed by atoms with Gasteiger partial charge in [-0.1, -0.05) is 25.5 Å². The molecule has 0 radical (unpaired) electrons. The van der Waals surface area contributed by atoms with E-state index in [1.165, 1.54) is 31.4 Å². The summed E-state index contributed by atoms with van der Waals surface area (Å²) in [5.74, 6) is -0.507. The molecule has 0 fully saturated rings. The number of halogens is 2. The third-order valence-electron chi connectivity index (χ3n) is 5.57. The van der Waals surface area contributed by atoms with E-state index in [2.05, 4.69) is 18.0 Å². The summed E-state index contributed by atoms with van der Waals surface area (Å²) in [5.41, 5.74) is 16.0. The maximum Gasteiger partial charge on any atom is 0.217 e. The van der Waals surface area contributed by atoms with Crippen LogP contribution in [-0.2, 0) is 21.1 Å². The molecule has 2 unspecified atom stereocenters. The van der Waals surface area contributed by atoms with Gasteiger partial charge >= 0.3 is 0 Å². The van der Waals surface area contributed by atoms with Crippen LogP contribution in [0.3, 0.4) is 0 Å². The van der Waals surface area contributed by atoms with Crippen molar-refractivity contribution in [3.63, 3.8) is 0 Å². The summed E-state index contributed by atoms with van der Waals surface area (Å²) < 4.78 is 31.4. The number of rotatable bonds is 6. The maximum absolute atomic E-state index is 13.7. The van der Waals surface area contributed by atoms with Gasteiger partial charge in [0.15, 0.2) is 0 Å². The number of aromatic hydroxyl groups is 1. The molecule has 0 aliphatic carbocycles. The number of nitrogens with one attached hydrogen (secondary N) is 1. The maximum atomic E-state index is 13.7. The van der Waals surface area contributed by atoms with Crippen molar-refractivity contribution in [3.8, 4) is 11.6 Å². The first-order valence-electron chi connectivity index (χ1n) is 11.0. The fourth-order valence-electron chi connectivity index (χ4n) is 3.93. The summed E-state index contributed by atoms with van der Waals surface area (Å²) >= 11 is 0. The third-order valence-corrected chi connectivity index (χ3v) is 5.57. The van der Waals surface area contributed by atoms with Crippen molar-refractivity contribution < 1.29 is 39.7 Å². The van der Waals surface area contributed by atoms with Gasteiger partial charge in [-0.3, -0.25) is 0 Å². The SMILES string of the molecule is Cc1[c-]ccc(F)c1.[CH2-]C(N)(CC[NH-])C(c1ccc(O)cc1)c1cc2cc(F)ccc2nc1OC.[W]. The Morgan fingerprint density at radius 3 is 2.33 bits per heavy atom. The van der Waals surface area contributed by atoms with Gasteiger partial charge in [-0.05, 0) is 42.0 Å². The molecule has 0 aliphatic heterocycles. The molecule has 0 saturated heterocycles. The van der Waals surface area contributed by atoms with Crippen molar-refractivity contribution in [3.05, 3.63) is 114 Å². The summed E-state index contributed by atoms with van der Waals surface area (Å²) in [4.78, 5) is 4.50. The number of aromatic nitrogens is 1. The number of phenols is 1. The van der Waals surface area contributed by atoms with Gasteiger partial charge < -0.3 is 28.2 Å². The van der Waals surface area contributed by atoms with E-state index >= 15 is 0 Å². The van der Waals surface area contributed by atoms with Gasteiger partial charge in [0.05, 0.1) is 12.6 Å². The summed E-state index contributed by atoms with van der Waals surface area (Å²) in [6.07, 6.45) is 0.336. The molecule has 36 heavy (non-hydrogen) atoms. The van der Waals surface area contributed by atoms with Gasteiger partial charge in [-0.25, -0.2) is 13.8 Å². The first-order chi connectivity index (χ1) is 16.6. The fourth-order valence-corrected chi connectivity index (χ4v) is 3.93. The number of nitrogens with two attached hydrogens (primary N) is 1. The van der Waals surface area contributed by atoms with Crippen molar-refractivity contribution in [2.24, 2.45) is 5.73 Å². The Bertz CT molecular complexity index is 1270. The standard InChI is InChI=1S/C21H22FN3O2.C7H6F.W/c1-21(24,9-10-23)19(13-3-6-16(26)7-4-13)17-12-14-11-15(22)5-8-18(14)25-20(17)27-2;1-6-3-2-4-7(8)5-6;/h3-8,11-12,19,23,26H,1,9-10,24H2,2H3;2,4-5H,1H3;/q-2;-1;. The van der Waals surface area contributed by atoms with Gasteiger partial charge in [0.25, 0.3) is 0 Å². The molecule has 2 atom stereocenters. The largest absolute Gasteiger partial charge is 0.677 e. The van der Waals surface area contributed by atoms with Crippen LogP contribution < -0.4 is 10.5 Å². The summed E-state index contributed by atoms with van der Waals surface area (Å²) in [7, 11) is 1.51. The molecule has 0 amide bonds. The number of ether oxygens (including phenoxy) is 1. The van der Waals surface area contributed by atoms with Crippen LogP contribution in [0.4, 0.5) is 8.78 Å². The topological polar surface area (TPSA) is 92.2 Å². The number of benzene rings is 3. The smallest absolute Gasteiger partial charge is 0.217 e. The van der Waals surface area contributed by atoms with E-state index in [9.17, 15) is 13.9 Å². The average molecular weight is 660 g/mol. The quantitative estimate of drug-likeness (QED) is 0.244. The van der Waals surface area contributed by atoms with Crippen molar-refractivity contribution in [2.45, 2.75) is 24.8 Å². The van der Waals surface area contributed by atoms with E-state index < -0.39 is 11.5 Å². The fraction of sp³-hybridized carbons (Fsp3) is 0.214. The zero-order valence-electron chi connectivity index (χ0n) is 20.1. The van der Waals surface area contributed by atoms with Gasteiger partial charge in [0, 0.05) is 43.8 Å². The Morgan fingerprint density at radius 2 is 1.78 bits per heavy atom. The third kappa shape index (κ3) is 7.33. The second kappa shape index (κ2) is 12.9. The molecule has 1 heterocycles. The minimum absolute atomic E-state index is 0. The van der Waals surface area contributed by atoms with Crippen molar-refractivity contribution >= 4 is 10.9 Å². The first kappa shape index (κ1) is 29.4. The van der Waals surface area contributed by atoms with E-state index in [0.29, 0.717) is 28.8 Å². The predicted molar refractivity (Wildman–Crippen MR) is 134 cm³/mol. The minimum Gasteiger partial charge on any atom is -0.677 e. The molecule has 4 N–H and O–H groups in total. The van der Waals surface area contributed by atoms with E-state index in [0.717, 1.165) is 11.1 Å². The van der Waals surface area contributed by atoms with E-state index in [-0.39, 0.29) is 45.0 Å². The van der Waals surface area contributed by atoms with E-state index in [1.807, 2.05) is 6.92 Å². The number of hydrogen-bond donors (Lipinski definition) is 2.